The van der Waals surface area contributed by atoms with Gasteiger partial charge in [0.15, 0.2) is 11.6 Å². The van der Waals surface area contributed by atoms with Crippen LogP contribution in [0.2, 0.25) is 0 Å². The maximum atomic E-state index is 14.5. The lowest BCUT2D eigenvalue weighted by molar-refractivity contribution is -0.127. The number of nitrogen functional groups attached to an aromatic ring is 1. The Hall–Kier alpha value is -3.55. The third-order valence-corrected chi connectivity index (χ3v) is 4.35. The lowest BCUT2D eigenvalue weighted by Gasteiger charge is -2.14. The van der Waals surface area contributed by atoms with Gasteiger partial charge in [0.2, 0.25) is 11.8 Å². The summed E-state index contributed by atoms with van der Waals surface area (Å²) >= 11 is 0. The van der Waals surface area contributed by atoms with Gasteiger partial charge in [0.1, 0.15) is 0 Å². The summed E-state index contributed by atoms with van der Waals surface area (Å²) in [5.74, 6) is -0.260. The van der Waals surface area contributed by atoms with Gasteiger partial charge in [-0.1, -0.05) is 0 Å². The van der Waals surface area contributed by atoms with Gasteiger partial charge in [-0.15, -0.1) is 0 Å². The molecule has 7 nitrogen and oxygen atoms in total. The number of benzene rings is 1. The highest BCUT2D eigenvalue weighted by Crippen LogP contribution is 2.27. The van der Waals surface area contributed by atoms with Crippen molar-refractivity contribution in [2.45, 2.75) is 19.8 Å². The normalized spacial score (nSPS) is 10.6. The van der Waals surface area contributed by atoms with Gasteiger partial charge in [-0.25, -0.2) is 9.37 Å². The number of pyridine rings is 1. The Morgan fingerprint density at radius 3 is 2.72 bits per heavy atom. The van der Waals surface area contributed by atoms with Crippen molar-refractivity contribution in [3.05, 3.63) is 60.4 Å². The van der Waals surface area contributed by atoms with Gasteiger partial charge in [0.25, 0.3) is 0 Å². The van der Waals surface area contributed by atoms with Gasteiger partial charge in [-0.3, -0.25) is 14.8 Å². The van der Waals surface area contributed by atoms with Gasteiger partial charge >= 0.3 is 0 Å². The highest BCUT2D eigenvalue weighted by Gasteiger charge is 2.10. The number of halogens is 1. The summed E-state index contributed by atoms with van der Waals surface area (Å²) in [6.45, 7) is 2.15. The van der Waals surface area contributed by atoms with Crippen molar-refractivity contribution in [2.24, 2.45) is 0 Å². The molecule has 3 aromatic rings. The van der Waals surface area contributed by atoms with Crippen LogP contribution in [0.4, 0.5) is 10.1 Å². The molecule has 1 amide bonds. The molecule has 0 unspecified atom stereocenters. The van der Waals surface area contributed by atoms with E-state index in [2.05, 4.69) is 15.0 Å². The van der Waals surface area contributed by atoms with Crippen molar-refractivity contribution < 1.29 is 13.9 Å². The average molecular weight is 395 g/mol. The average Bonchev–Trinajstić information content (AvgIpc) is 2.70. The standard InChI is InChI=1S/C21H22FN5O2/c1-14(28)27(2)9-3-4-17-12-24-13-21(26-17)29-20-8-5-15(10-18(20)22)19-7-6-16(23)11-25-19/h5-8,10-13H,3-4,9,23H2,1-2H3. The smallest absolute Gasteiger partial charge is 0.238 e. The summed E-state index contributed by atoms with van der Waals surface area (Å²) in [4.78, 5) is 25.5. The zero-order chi connectivity index (χ0) is 20.8. The molecule has 0 spiro atoms. The number of nitrogens with zero attached hydrogens (tertiary/aromatic N) is 4. The van der Waals surface area contributed by atoms with Crippen LogP contribution in [-0.4, -0.2) is 39.4 Å². The zero-order valence-electron chi connectivity index (χ0n) is 16.3. The van der Waals surface area contributed by atoms with E-state index in [9.17, 15) is 9.18 Å². The van der Waals surface area contributed by atoms with Crippen molar-refractivity contribution in [1.82, 2.24) is 19.9 Å². The number of carbonyl (C=O) groups is 1. The first-order chi connectivity index (χ1) is 13.9. The van der Waals surface area contributed by atoms with Crippen LogP contribution in [-0.2, 0) is 11.2 Å². The fourth-order valence-corrected chi connectivity index (χ4v) is 2.64. The van der Waals surface area contributed by atoms with E-state index in [1.807, 2.05) is 0 Å². The lowest BCUT2D eigenvalue weighted by Crippen LogP contribution is -2.25. The van der Waals surface area contributed by atoms with Gasteiger partial charge < -0.3 is 15.4 Å². The second kappa shape index (κ2) is 9.09. The molecule has 0 bridgehead atoms. The molecule has 3 rings (SSSR count). The third kappa shape index (κ3) is 5.47. The molecule has 2 heterocycles. The van der Waals surface area contributed by atoms with Gasteiger partial charge in [-0.05, 0) is 43.2 Å². The van der Waals surface area contributed by atoms with E-state index in [-0.39, 0.29) is 17.5 Å². The minimum Gasteiger partial charge on any atom is -0.434 e. The number of nitrogens with two attached hydrogens (primary N) is 1. The first-order valence-corrected chi connectivity index (χ1v) is 9.14. The van der Waals surface area contributed by atoms with Crippen LogP contribution in [0.3, 0.4) is 0 Å². The molecule has 2 N–H and O–H groups in total. The third-order valence-electron chi connectivity index (χ3n) is 4.35. The molecule has 1 aromatic carbocycles. The van der Waals surface area contributed by atoms with E-state index in [0.717, 1.165) is 6.42 Å². The van der Waals surface area contributed by atoms with E-state index < -0.39 is 5.82 Å². The van der Waals surface area contributed by atoms with Crippen molar-refractivity contribution in [3.8, 4) is 22.9 Å². The fraction of sp³-hybridized carbons (Fsp3) is 0.238. The molecular weight excluding hydrogens is 373 g/mol. The molecule has 0 radical (unpaired) electrons. The van der Waals surface area contributed by atoms with Crippen molar-refractivity contribution in [1.29, 1.82) is 0 Å². The molecule has 0 saturated heterocycles. The van der Waals surface area contributed by atoms with Crippen LogP contribution < -0.4 is 10.5 Å². The number of amides is 1. The lowest BCUT2D eigenvalue weighted by atomic mass is 10.1. The number of aromatic nitrogens is 3. The number of aryl methyl sites for hydroxylation is 1. The van der Waals surface area contributed by atoms with E-state index in [1.54, 1.807) is 36.3 Å². The molecule has 0 saturated carbocycles. The molecule has 150 valence electrons. The van der Waals surface area contributed by atoms with Crippen LogP contribution in [0.1, 0.15) is 19.0 Å². The van der Waals surface area contributed by atoms with Crippen LogP contribution in [0.5, 0.6) is 11.6 Å². The number of hydrogen-bond acceptors (Lipinski definition) is 6. The fourth-order valence-electron chi connectivity index (χ4n) is 2.64. The van der Waals surface area contributed by atoms with Crippen molar-refractivity contribution in [3.63, 3.8) is 0 Å². The molecule has 8 heteroatoms. The topological polar surface area (TPSA) is 94.2 Å². The number of hydrogen-bond donors (Lipinski definition) is 1. The molecular formula is C21H22FN5O2. The number of ether oxygens (including phenoxy) is 1. The molecule has 29 heavy (non-hydrogen) atoms. The van der Waals surface area contributed by atoms with Crippen molar-refractivity contribution in [2.75, 3.05) is 19.3 Å². The van der Waals surface area contributed by atoms with Crippen LogP contribution in [0.15, 0.2) is 48.9 Å². The Labute approximate surface area is 168 Å². The quantitative estimate of drug-likeness (QED) is 0.658. The summed E-state index contributed by atoms with van der Waals surface area (Å²) in [7, 11) is 1.75. The minimum atomic E-state index is -0.531. The van der Waals surface area contributed by atoms with Crippen LogP contribution in [0, 0.1) is 5.82 Å². The summed E-state index contributed by atoms with van der Waals surface area (Å²) in [6.07, 6.45) is 5.96. The summed E-state index contributed by atoms with van der Waals surface area (Å²) in [5.41, 5.74) is 8.11. The molecule has 0 aliphatic carbocycles. The molecule has 0 fully saturated rings. The second-order valence-electron chi connectivity index (χ2n) is 6.62. The van der Waals surface area contributed by atoms with E-state index in [4.69, 9.17) is 10.5 Å². The van der Waals surface area contributed by atoms with Gasteiger partial charge in [0, 0.05) is 32.3 Å². The minimum absolute atomic E-state index is 0.0151. The van der Waals surface area contributed by atoms with E-state index >= 15 is 0 Å². The summed E-state index contributed by atoms with van der Waals surface area (Å²) < 4.78 is 20.1. The zero-order valence-corrected chi connectivity index (χ0v) is 16.3. The van der Waals surface area contributed by atoms with Crippen molar-refractivity contribution >= 4 is 11.6 Å². The number of rotatable bonds is 7. The summed E-state index contributed by atoms with van der Waals surface area (Å²) in [5, 5.41) is 0. The molecule has 0 aliphatic rings. The maximum absolute atomic E-state index is 14.5. The van der Waals surface area contributed by atoms with Crippen LogP contribution in [0.25, 0.3) is 11.3 Å². The SMILES string of the molecule is CC(=O)N(C)CCCc1cncc(Oc2ccc(-c3ccc(N)cn3)cc2F)n1. The second-order valence-corrected chi connectivity index (χ2v) is 6.62. The maximum Gasteiger partial charge on any atom is 0.238 e. The molecule has 0 atom stereocenters. The highest BCUT2D eigenvalue weighted by atomic mass is 19.1. The number of anilines is 1. The Morgan fingerprint density at radius 2 is 2.03 bits per heavy atom. The Balaban J connectivity index is 1.67. The highest BCUT2D eigenvalue weighted by molar-refractivity contribution is 5.72. The van der Waals surface area contributed by atoms with Crippen LogP contribution >= 0.6 is 0 Å². The number of carbonyl (C=O) groups excluding carboxylic acids is 1. The van der Waals surface area contributed by atoms with E-state index in [1.165, 1.54) is 31.5 Å². The Kier molecular flexibility index (Phi) is 6.33. The molecule has 2 aromatic heterocycles. The first-order valence-electron chi connectivity index (χ1n) is 9.14. The largest absolute Gasteiger partial charge is 0.434 e. The predicted molar refractivity (Wildman–Crippen MR) is 108 cm³/mol. The Bertz CT molecular complexity index is 995. The summed E-state index contributed by atoms with van der Waals surface area (Å²) in [6, 6.07) is 8.02. The predicted octanol–water partition coefficient (Wildman–Crippen LogP) is 3.46. The van der Waals surface area contributed by atoms with Gasteiger partial charge in [0.05, 0.1) is 29.5 Å². The van der Waals surface area contributed by atoms with E-state index in [0.29, 0.717) is 35.6 Å². The monoisotopic (exact) mass is 395 g/mol. The first kappa shape index (κ1) is 20.2. The Morgan fingerprint density at radius 1 is 1.21 bits per heavy atom. The molecule has 0 aliphatic heterocycles. The van der Waals surface area contributed by atoms with Gasteiger partial charge in [-0.2, -0.15) is 0 Å².